The molecule has 1 aliphatic carbocycles. The molecule has 0 amide bonds. The minimum absolute atomic E-state index is 0.0978. The second-order valence-electron chi connectivity index (χ2n) is 8.11. The molecule has 130 valence electrons. The molecule has 1 aromatic rings. The van der Waals surface area contributed by atoms with Crippen molar-refractivity contribution in [3.05, 3.63) is 53.8 Å². The summed E-state index contributed by atoms with van der Waals surface area (Å²) < 4.78 is 27.1. The van der Waals surface area contributed by atoms with E-state index in [0.717, 1.165) is 18.5 Å². The quantitative estimate of drug-likeness (QED) is 0.652. The molecule has 1 aromatic carbocycles. The van der Waals surface area contributed by atoms with Crippen LogP contribution < -0.4 is 4.90 Å². The first kappa shape index (κ1) is 17.2. The average Bonchev–Trinajstić information content (AvgIpc) is 2.77. The molecule has 0 bridgehead atoms. The van der Waals surface area contributed by atoms with Crippen LogP contribution in [0.5, 0.6) is 0 Å². The van der Waals surface area contributed by atoms with E-state index in [1.54, 1.807) is 23.3 Å². The molecule has 0 saturated heterocycles. The molecule has 0 spiro atoms. The van der Waals surface area contributed by atoms with Crippen LogP contribution in [0.25, 0.3) is 0 Å². The van der Waals surface area contributed by atoms with E-state index in [1.807, 2.05) is 18.2 Å². The molecule has 3 heteroatoms. The van der Waals surface area contributed by atoms with Crippen molar-refractivity contribution in [2.75, 3.05) is 4.90 Å². The lowest BCUT2D eigenvalue weighted by atomic mass is 9.85. The monoisotopic (exact) mass is 331 g/mol. The molecule has 3 rings (SSSR count). The van der Waals surface area contributed by atoms with Crippen LogP contribution in [0, 0.1) is 5.92 Å². The lowest BCUT2D eigenvalue weighted by molar-refractivity contribution is 0.132. The minimum Gasteiger partial charge on any atom is -0.335 e. The van der Waals surface area contributed by atoms with Gasteiger partial charge in [-0.3, -0.25) is 0 Å². The Morgan fingerprint density at radius 2 is 1.96 bits per heavy atom. The molecule has 1 heterocycles. The van der Waals surface area contributed by atoms with Gasteiger partial charge < -0.3 is 4.90 Å². The third-order valence-corrected chi connectivity index (χ3v) is 5.26. The number of halogens is 2. The van der Waals surface area contributed by atoms with Gasteiger partial charge in [0.1, 0.15) is 6.04 Å². The number of hydrogen-bond donors (Lipinski definition) is 0. The number of hydrogen-bond acceptors (Lipinski definition) is 1. The van der Waals surface area contributed by atoms with Crippen molar-refractivity contribution >= 4 is 5.69 Å². The van der Waals surface area contributed by atoms with E-state index in [-0.39, 0.29) is 5.41 Å². The number of fused-ring (bicyclic) bond motifs is 1. The lowest BCUT2D eigenvalue weighted by Crippen LogP contribution is -2.37. The van der Waals surface area contributed by atoms with Crippen molar-refractivity contribution in [3.63, 3.8) is 0 Å². The third-order valence-electron chi connectivity index (χ3n) is 5.26. The summed E-state index contributed by atoms with van der Waals surface area (Å²) in [6.07, 6.45) is 6.73. The Bertz CT molecular complexity index is 658. The van der Waals surface area contributed by atoms with Crippen molar-refractivity contribution in [2.24, 2.45) is 5.92 Å². The van der Waals surface area contributed by atoms with Gasteiger partial charge in [0.2, 0.25) is 0 Å². The number of benzene rings is 1. The largest absolute Gasteiger partial charge is 0.335 e. The predicted octanol–water partition coefficient (Wildman–Crippen LogP) is 6.02. The minimum atomic E-state index is -2.40. The summed E-state index contributed by atoms with van der Waals surface area (Å²) in [4.78, 5) is 1.76. The fraction of sp³-hybridized carbons (Fsp3) is 0.524. The van der Waals surface area contributed by atoms with Crippen molar-refractivity contribution in [3.8, 4) is 0 Å². The SMILES string of the molecule is CC(C)CC1CC(C)(C)c2cccc(N3C=CC=CC3C(F)F)c21. The Balaban J connectivity index is 2.09. The van der Waals surface area contributed by atoms with Gasteiger partial charge >= 0.3 is 0 Å². The Morgan fingerprint density at radius 1 is 1.21 bits per heavy atom. The highest BCUT2D eigenvalue weighted by atomic mass is 19.3. The molecular formula is C21H27F2N. The van der Waals surface area contributed by atoms with E-state index in [4.69, 9.17) is 0 Å². The summed E-state index contributed by atoms with van der Waals surface area (Å²) in [7, 11) is 0. The summed E-state index contributed by atoms with van der Waals surface area (Å²) in [5, 5.41) is 0. The van der Waals surface area contributed by atoms with Gasteiger partial charge in [-0.05, 0) is 53.4 Å². The van der Waals surface area contributed by atoms with Crippen LogP contribution in [-0.4, -0.2) is 12.5 Å². The zero-order chi connectivity index (χ0) is 17.5. The molecule has 0 N–H and O–H groups in total. The Kier molecular flexibility index (Phi) is 4.54. The highest BCUT2D eigenvalue weighted by molar-refractivity contribution is 5.65. The zero-order valence-corrected chi connectivity index (χ0v) is 15.0. The summed E-state index contributed by atoms with van der Waals surface area (Å²) >= 11 is 0. The van der Waals surface area contributed by atoms with Gasteiger partial charge in [-0.2, -0.15) is 0 Å². The van der Waals surface area contributed by atoms with Crippen LogP contribution in [0.2, 0.25) is 0 Å². The van der Waals surface area contributed by atoms with Gasteiger partial charge in [0.05, 0.1) is 0 Å². The smallest absolute Gasteiger partial charge is 0.262 e. The van der Waals surface area contributed by atoms with E-state index >= 15 is 0 Å². The Morgan fingerprint density at radius 3 is 2.62 bits per heavy atom. The molecule has 1 nitrogen and oxygen atoms in total. The maximum absolute atomic E-state index is 13.5. The topological polar surface area (TPSA) is 3.24 Å². The van der Waals surface area contributed by atoms with Crippen LogP contribution in [0.1, 0.15) is 57.6 Å². The summed E-state index contributed by atoms with van der Waals surface area (Å²) in [6.45, 7) is 9.01. The summed E-state index contributed by atoms with van der Waals surface area (Å²) in [6, 6.07) is 5.32. The third kappa shape index (κ3) is 3.01. The standard InChI is InChI=1S/C21H27F2N/c1-14(2)12-15-13-21(3,4)16-8-7-10-17(19(15)16)24-11-6-5-9-18(24)20(22)23/h5-11,14-15,18,20H,12-13H2,1-4H3. The van der Waals surface area contributed by atoms with E-state index < -0.39 is 12.5 Å². The number of anilines is 1. The molecule has 2 unspecified atom stereocenters. The fourth-order valence-corrected chi connectivity index (χ4v) is 4.35. The zero-order valence-electron chi connectivity index (χ0n) is 15.0. The van der Waals surface area contributed by atoms with Crippen LogP contribution >= 0.6 is 0 Å². The highest BCUT2D eigenvalue weighted by Gasteiger charge is 2.40. The van der Waals surface area contributed by atoms with Crippen molar-refractivity contribution < 1.29 is 8.78 Å². The second-order valence-corrected chi connectivity index (χ2v) is 8.11. The molecule has 0 radical (unpaired) electrons. The highest BCUT2D eigenvalue weighted by Crippen LogP contribution is 2.52. The summed E-state index contributed by atoms with van der Waals surface area (Å²) in [5.74, 6) is 1.02. The molecule has 1 aliphatic heterocycles. The number of rotatable bonds is 4. The van der Waals surface area contributed by atoms with Gasteiger partial charge in [0.15, 0.2) is 0 Å². The van der Waals surface area contributed by atoms with Crippen molar-refractivity contribution in [1.29, 1.82) is 0 Å². The molecule has 0 saturated carbocycles. The maximum atomic E-state index is 13.5. The van der Waals surface area contributed by atoms with E-state index in [0.29, 0.717) is 11.8 Å². The maximum Gasteiger partial charge on any atom is 0.262 e. The first-order valence-electron chi connectivity index (χ1n) is 8.86. The Hall–Kier alpha value is -1.64. The molecule has 0 aromatic heterocycles. The van der Waals surface area contributed by atoms with Crippen LogP contribution in [0.15, 0.2) is 42.6 Å². The molecule has 0 fully saturated rings. The van der Waals surface area contributed by atoms with Gasteiger partial charge in [0.25, 0.3) is 6.43 Å². The molecule has 2 aliphatic rings. The Labute approximate surface area is 144 Å². The van der Waals surface area contributed by atoms with Gasteiger partial charge in [-0.15, -0.1) is 0 Å². The summed E-state index contributed by atoms with van der Waals surface area (Å²) in [5.41, 5.74) is 3.65. The number of nitrogens with zero attached hydrogens (tertiary/aromatic N) is 1. The second kappa shape index (κ2) is 6.34. The van der Waals surface area contributed by atoms with Gasteiger partial charge in [0, 0.05) is 11.9 Å². The predicted molar refractivity (Wildman–Crippen MR) is 96.8 cm³/mol. The molecular weight excluding hydrogens is 304 g/mol. The van der Waals surface area contributed by atoms with Crippen molar-refractivity contribution in [2.45, 2.75) is 64.3 Å². The van der Waals surface area contributed by atoms with Gasteiger partial charge in [-0.25, -0.2) is 8.78 Å². The number of allylic oxidation sites excluding steroid dienone is 2. The fourth-order valence-electron chi connectivity index (χ4n) is 4.35. The molecule has 24 heavy (non-hydrogen) atoms. The normalized spacial score (nSPS) is 24.9. The van der Waals surface area contributed by atoms with Crippen LogP contribution in [-0.2, 0) is 5.41 Å². The average molecular weight is 331 g/mol. The van der Waals surface area contributed by atoms with Crippen LogP contribution in [0.4, 0.5) is 14.5 Å². The van der Waals surface area contributed by atoms with Gasteiger partial charge in [-0.1, -0.05) is 52.0 Å². The van der Waals surface area contributed by atoms with E-state index in [1.165, 1.54) is 11.1 Å². The first-order valence-corrected chi connectivity index (χ1v) is 8.86. The first-order chi connectivity index (χ1) is 11.3. The van der Waals surface area contributed by atoms with Crippen LogP contribution in [0.3, 0.4) is 0 Å². The van der Waals surface area contributed by atoms with E-state index in [2.05, 4.69) is 33.8 Å². The van der Waals surface area contributed by atoms with Crippen molar-refractivity contribution in [1.82, 2.24) is 0 Å². The molecule has 2 atom stereocenters. The lowest BCUT2D eigenvalue weighted by Gasteiger charge is -2.33. The number of alkyl halides is 2. The van der Waals surface area contributed by atoms with E-state index in [9.17, 15) is 8.78 Å².